The number of aromatic nitrogens is 1. The number of morpholine rings is 1. The highest BCUT2D eigenvalue weighted by atomic mass is 35.5. The molecule has 10 heteroatoms. The molecule has 1 N–H and O–H groups in total. The Labute approximate surface area is 156 Å². The van der Waals surface area contributed by atoms with Gasteiger partial charge in [-0.2, -0.15) is 0 Å². The van der Waals surface area contributed by atoms with E-state index in [1.54, 1.807) is 13.0 Å². The first kappa shape index (κ1) is 20.0. The van der Waals surface area contributed by atoms with Crippen molar-refractivity contribution in [1.82, 2.24) is 15.0 Å². The second-order valence-electron chi connectivity index (χ2n) is 5.74. The van der Waals surface area contributed by atoms with Gasteiger partial charge in [0.2, 0.25) is 5.91 Å². The van der Waals surface area contributed by atoms with Crippen molar-refractivity contribution in [3.8, 4) is 0 Å². The SMILES string of the molecule is Cc1cc(NC(=O)CN(CCCN2CCOCC2)C(=O)C(Cl)Cl)no1. The Bertz CT molecular complexity index is 576. The Kier molecular flexibility index (Phi) is 7.95. The number of hydrogen-bond acceptors (Lipinski definition) is 6. The maximum Gasteiger partial charge on any atom is 0.256 e. The van der Waals surface area contributed by atoms with E-state index in [1.807, 2.05) is 0 Å². The topological polar surface area (TPSA) is 87.9 Å². The zero-order chi connectivity index (χ0) is 18.2. The number of aryl methyl sites for hydroxylation is 1. The summed E-state index contributed by atoms with van der Waals surface area (Å²) in [7, 11) is 0. The summed E-state index contributed by atoms with van der Waals surface area (Å²) in [6, 6.07) is 1.59. The van der Waals surface area contributed by atoms with E-state index >= 15 is 0 Å². The Hall–Kier alpha value is -1.35. The number of carbonyl (C=O) groups is 2. The maximum absolute atomic E-state index is 12.1. The molecule has 1 aromatic heterocycles. The van der Waals surface area contributed by atoms with Crippen LogP contribution in [0.3, 0.4) is 0 Å². The molecule has 0 radical (unpaired) electrons. The largest absolute Gasteiger partial charge is 0.379 e. The van der Waals surface area contributed by atoms with E-state index in [-0.39, 0.29) is 12.5 Å². The van der Waals surface area contributed by atoms with Gasteiger partial charge < -0.3 is 19.5 Å². The van der Waals surface area contributed by atoms with E-state index in [0.29, 0.717) is 37.8 Å². The quantitative estimate of drug-likeness (QED) is 0.670. The smallest absolute Gasteiger partial charge is 0.256 e. The normalized spacial score (nSPS) is 15.4. The second kappa shape index (κ2) is 9.96. The molecule has 1 fully saturated rings. The molecule has 0 unspecified atom stereocenters. The molecule has 2 rings (SSSR count). The Morgan fingerprint density at radius 3 is 2.72 bits per heavy atom. The number of nitrogens with one attached hydrogen (secondary N) is 1. The van der Waals surface area contributed by atoms with E-state index < -0.39 is 10.7 Å². The Morgan fingerprint density at radius 2 is 2.12 bits per heavy atom. The fraction of sp³-hybridized carbons (Fsp3) is 0.667. The minimum atomic E-state index is -1.20. The summed E-state index contributed by atoms with van der Waals surface area (Å²) in [5, 5.41) is 6.26. The van der Waals surface area contributed by atoms with Gasteiger partial charge in [0.05, 0.1) is 19.8 Å². The van der Waals surface area contributed by atoms with Crippen molar-refractivity contribution in [1.29, 1.82) is 0 Å². The Morgan fingerprint density at radius 1 is 1.40 bits per heavy atom. The number of ether oxygens (including phenoxy) is 1. The van der Waals surface area contributed by atoms with Gasteiger partial charge in [0.15, 0.2) is 10.7 Å². The number of amides is 2. The van der Waals surface area contributed by atoms with Crippen LogP contribution in [-0.4, -0.2) is 77.5 Å². The molecule has 0 aliphatic carbocycles. The average Bonchev–Trinajstić information content (AvgIpc) is 2.99. The highest BCUT2D eigenvalue weighted by Gasteiger charge is 2.23. The molecule has 25 heavy (non-hydrogen) atoms. The van der Waals surface area contributed by atoms with Gasteiger partial charge in [-0.25, -0.2) is 0 Å². The Balaban J connectivity index is 1.83. The van der Waals surface area contributed by atoms with Crippen LogP contribution in [0.2, 0.25) is 0 Å². The minimum Gasteiger partial charge on any atom is -0.379 e. The molecule has 2 amide bonds. The van der Waals surface area contributed by atoms with Crippen molar-refractivity contribution in [2.75, 3.05) is 51.3 Å². The molecule has 1 aliphatic heterocycles. The van der Waals surface area contributed by atoms with Crippen LogP contribution in [0, 0.1) is 6.92 Å². The lowest BCUT2D eigenvalue weighted by molar-refractivity contribution is -0.133. The summed E-state index contributed by atoms with van der Waals surface area (Å²) in [6.07, 6.45) is 0.711. The third-order valence-corrected chi connectivity index (χ3v) is 4.11. The van der Waals surface area contributed by atoms with Gasteiger partial charge in [0.1, 0.15) is 5.76 Å². The lowest BCUT2D eigenvalue weighted by Crippen LogP contribution is -2.43. The second-order valence-corrected chi connectivity index (χ2v) is 6.84. The van der Waals surface area contributed by atoms with Crippen LogP contribution in [0.5, 0.6) is 0 Å². The van der Waals surface area contributed by atoms with Gasteiger partial charge in [-0.05, 0) is 13.3 Å². The maximum atomic E-state index is 12.1. The summed E-state index contributed by atoms with van der Waals surface area (Å²) in [5.74, 6) is 0.00522. The predicted molar refractivity (Wildman–Crippen MR) is 93.8 cm³/mol. The molecule has 1 aliphatic rings. The molecule has 0 spiro atoms. The highest BCUT2D eigenvalue weighted by Crippen LogP contribution is 2.10. The first-order chi connectivity index (χ1) is 12.0. The van der Waals surface area contributed by atoms with Crippen LogP contribution in [0.1, 0.15) is 12.2 Å². The van der Waals surface area contributed by atoms with E-state index in [1.165, 1.54) is 4.90 Å². The fourth-order valence-corrected chi connectivity index (χ4v) is 2.77. The number of rotatable bonds is 8. The fourth-order valence-electron chi connectivity index (χ4n) is 2.50. The van der Waals surface area contributed by atoms with Crippen LogP contribution in [0.25, 0.3) is 0 Å². The van der Waals surface area contributed by atoms with Crippen molar-refractivity contribution in [2.45, 2.75) is 18.2 Å². The number of hydrogen-bond donors (Lipinski definition) is 1. The van der Waals surface area contributed by atoms with E-state index in [0.717, 1.165) is 19.6 Å². The number of nitrogens with zero attached hydrogens (tertiary/aromatic N) is 3. The minimum absolute atomic E-state index is 0.149. The summed E-state index contributed by atoms with van der Waals surface area (Å²) in [6.45, 7) is 5.94. The zero-order valence-corrected chi connectivity index (χ0v) is 15.6. The van der Waals surface area contributed by atoms with Crippen LogP contribution >= 0.6 is 23.2 Å². The third kappa shape index (κ3) is 6.81. The molecular formula is C15H22Cl2N4O4. The van der Waals surface area contributed by atoms with Crippen LogP contribution in [-0.2, 0) is 14.3 Å². The van der Waals surface area contributed by atoms with Crippen molar-refractivity contribution in [3.63, 3.8) is 0 Å². The molecule has 1 aromatic rings. The summed E-state index contributed by atoms with van der Waals surface area (Å²) in [5.41, 5.74) is 0. The highest BCUT2D eigenvalue weighted by molar-refractivity contribution is 6.53. The van der Waals surface area contributed by atoms with Crippen LogP contribution in [0.15, 0.2) is 10.6 Å². The lowest BCUT2D eigenvalue weighted by atomic mass is 10.3. The molecule has 0 bridgehead atoms. The number of halogens is 2. The molecule has 0 aromatic carbocycles. The van der Waals surface area contributed by atoms with Gasteiger partial charge in [0.25, 0.3) is 5.91 Å². The van der Waals surface area contributed by atoms with Crippen molar-refractivity contribution in [3.05, 3.63) is 11.8 Å². The molecular weight excluding hydrogens is 371 g/mol. The molecule has 140 valence electrons. The van der Waals surface area contributed by atoms with Crippen molar-refractivity contribution in [2.24, 2.45) is 0 Å². The van der Waals surface area contributed by atoms with Crippen molar-refractivity contribution >= 4 is 40.8 Å². The van der Waals surface area contributed by atoms with Crippen LogP contribution in [0.4, 0.5) is 5.82 Å². The monoisotopic (exact) mass is 392 g/mol. The van der Waals surface area contributed by atoms with Gasteiger partial charge >= 0.3 is 0 Å². The summed E-state index contributed by atoms with van der Waals surface area (Å²) >= 11 is 11.4. The summed E-state index contributed by atoms with van der Waals surface area (Å²) < 4.78 is 10.2. The van der Waals surface area contributed by atoms with Gasteiger partial charge in [0, 0.05) is 32.2 Å². The van der Waals surface area contributed by atoms with Crippen molar-refractivity contribution < 1.29 is 18.8 Å². The first-order valence-corrected chi connectivity index (χ1v) is 8.93. The molecule has 2 heterocycles. The number of alkyl halides is 2. The zero-order valence-electron chi connectivity index (χ0n) is 14.0. The third-order valence-electron chi connectivity index (χ3n) is 3.73. The van der Waals surface area contributed by atoms with Gasteiger partial charge in [-0.1, -0.05) is 28.4 Å². The molecule has 1 saturated heterocycles. The molecule has 0 saturated carbocycles. The van der Waals surface area contributed by atoms with Gasteiger partial charge in [-0.15, -0.1) is 0 Å². The predicted octanol–water partition coefficient (Wildman–Crippen LogP) is 1.28. The molecule has 8 nitrogen and oxygen atoms in total. The first-order valence-electron chi connectivity index (χ1n) is 8.06. The van der Waals surface area contributed by atoms with Crippen LogP contribution < -0.4 is 5.32 Å². The molecule has 0 atom stereocenters. The standard InChI is InChI=1S/C15H22Cl2N4O4/c1-11-9-12(19-25-11)18-13(22)10-21(15(23)14(16)17)4-2-3-20-5-7-24-8-6-20/h9,14H,2-8,10H2,1H3,(H,18,19,22). The average molecular weight is 393 g/mol. The van der Waals surface area contributed by atoms with Gasteiger partial charge in [-0.3, -0.25) is 14.5 Å². The number of anilines is 1. The van der Waals surface area contributed by atoms with E-state index in [2.05, 4.69) is 15.4 Å². The number of carbonyl (C=O) groups excluding carboxylic acids is 2. The van der Waals surface area contributed by atoms with E-state index in [4.69, 9.17) is 32.5 Å². The van der Waals surface area contributed by atoms with E-state index in [9.17, 15) is 9.59 Å². The summed E-state index contributed by atoms with van der Waals surface area (Å²) in [4.78, 5) is 26.7. The lowest BCUT2D eigenvalue weighted by Gasteiger charge is -2.28.